The molecule has 8 nitrogen and oxygen atoms in total. The van der Waals surface area contributed by atoms with Gasteiger partial charge in [0.15, 0.2) is 5.13 Å². The molecule has 1 atom stereocenters. The molecule has 0 saturated carbocycles. The average molecular weight is 413 g/mol. The Hall–Kier alpha value is -3.07. The molecule has 1 aliphatic carbocycles. The van der Waals surface area contributed by atoms with Crippen LogP contribution < -0.4 is 5.32 Å². The van der Waals surface area contributed by atoms with E-state index in [-0.39, 0.29) is 18.4 Å². The lowest BCUT2D eigenvalue weighted by Crippen LogP contribution is -2.37. The molecule has 29 heavy (non-hydrogen) atoms. The number of esters is 1. The first kappa shape index (κ1) is 19.3. The van der Waals surface area contributed by atoms with E-state index >= 15 is 0 Å². The number of ether oxygens (including phenoxy) is 1. The van der Waals surface area contributed by atoms with E-state index in [4.69, 9.17) is 4.74 Å². The van der Waals surface area contributed by atoms with E-state index in [0.29, 0.717) is 42.1 Å². The first-order valence-corrected chi connectivity index (χ1v) is 10.2. The number of imide groups is 1. The van der Waals surface area contributed by atoms with Crippen LogP contribution >= 0.6 is 11.3 Å². The molecule has 0 fully saturated rings. The molecule has 2 aliphatic rings. The molecule has 150 valence electrons. The number of benzene rings is 1. The van der Waals surface area contributed by atoms with E-state index in [2.05, 4.69) is 10.3 Å². The molecule has 0 spiro atoms. The molecule has 1 unspecified atom stereocenters. The summed E-state index contributed by atoms with van der Waals surface area (Å²) in [5.74, 6) is -1.84. The third-order valence-electron chi connectivity index (χ3n) is 4.99. The Morgan fingerprint density at radius 1 is 1.24 bits per heavy atom. The van der Waals surface area contributed by atoms with Crippen molar-refractivity contribution in [3.63, 3.8) is 0 Å². The molecule has 9 heteroatoms. The van der Waals surface area contributed by atoms with Crippen LogP contribution in [0.4, 0.5) is 5.13 Å². The van der Waals surface area contributed by atoms with Crippen molar-refractivity contribution in [3.8, 4) is 0 Å². The molecule has 0 radical (unpaired) electrons. The second-order valence-electron chi connectivity index (χ2n) is 6.87. The highest BCUT2D eigenvalue weighted by molar-refractivity contribution is 7.15. The van der Waals surface area contributed by atoms with Gasteiger partial charge in [-0.1, -0.05) is 12.1 Å². The average Bonchev–Trinajstić information content (AvgIpc) is 3.21. The van der Waals surface area contributed by atoms with Crippen molar-refractivity contribution in [3.05, 3.63) is 46.0 Å². The number of carbonyl (C=O) groups is 4. The topological polar surface area (TPSA) is 106 Å². The third kappa shape index (κ3) is 3.65. The van der Waals surface area contributed by atoms with Gasteiger partial charge in [0, 0.05) is 4.88 Å². The normalized spacial score (nSPS) is 17.7. The van der Waals surface area contributed by atoms with Crippen LogP contribution in [0.2, 0.25) is 0 Å². The molecule has 1 aromatic heterocycles. The number of rotatable bonds is 5. The highest BCUT2D eigenvalue weighted by Crippen LogP contribution is 2.33. The van der Waals surface area contributed by atoms with Crippen molar-refractivity contribution < 1.29 is 23.9 Å². The van der Waals surface area contributed by atoms with Crippen molar-refractivity contribution >= 4 is 40.2 Å². The number of amides is 3. The van der Waals surface area contributed by atoms with Crippen LogP contribution in [0, 0.1) is 5.92 Å². The highest BCUT2D eigenvalue weighted by Gasteiger charge is 2.36. The fourth-order valence-corrected chi connectivity index (χ4v) is 4.68. The molecule has 2 aromatic rings. The number of nitrogens with zero attached hydrogens (tertiary/aromatic N) is 2. The first-order chi connectivity index (χ1) is 14.0. The summed E-state index contributed by atoms with van der Waals surface area (Å²) in [6.07, 6.45) is 1.85. The largest absolute Gasteiger partial charge is 0.466 e. The molecule has 0 saturated heterocycles. The Labute approximate surface area is 170 Å². The zero-order chi connectivity index (χ0) is 20.5. The first-order valence-electron chi connectivity index (χ1n) is 9.38. The summed E-state index contributed by atoms with van der Waals surface area (Å²) in [6.45, 7) is 1.76. The molecule has 1 N–H and O–H groups in total. The van der Waals surface area contributed by atoms with Gasteiger partial charge >= 0.3 is 5.97 Å². The number of carbonyl (C=O) groups excluding carboxylic acids is 4. The molecule has 1 aromatic carbocycles. The molecular formula is C20H19N3O5S. The Kier molecular flexibility index (Phi) is 5.14. The van der Waals surface area contributed by atoms with Gasteiger partial charge < -0.3 is 10.1 Å². The Morgan fingerprint density at radius 2 is 1.93 bits per heavy atom. The predicted molar refractivity (Wildman–Crippen MR) is 105 cm³/mol. The number of fused-ring (bicyclic) bond motifs is 2. The van der Waals surface area contributed by atoms with E-state index in [0.717, 1.165) is 15.5 Å². The fraction of sp³-hybridized carbons (Fsp3) is 0.350. The molecule has 4 rings (SSSR count). The second kappa shape index (κ2) is 7.75. The number of anilines is 1. The summed E-state index contributed by atoms with van der Waals surface area (Å²) in [5, 5.41) is 3.07. The maximum Gasteiger partial charge on any atom is 0.309 e. The third-order valence-corrected chi connectivity index (χ3v) is 6.02. The Balaban J connectivity index is 1.40. The monoisotopic (exact) mass is 413 g/mol. The van der Waals surface area contributed by atoms with Gasteiger partial charge in [0.05, 0.1) is 29.3 Å². The molecule has 1 aliphatic heterocycles. The van der Waals surface area contributed by atoms with Crippen molar-refractivity contribution in [2.24, 2.45) is 5.92 Å². The van der Waals surface area contributed by atoms with E-state index in [1.807, 2.05) is 0 Å². The maximum atomic E-state index is 12.4. The minimum absolute atomic E-state index is 0.190. The maximum absolute atomic E-state index is 12.4. The number of hydrogen-bond acceptors (Lipinski definition) is 7. The number of aryl methyl sites for hydroxylation is 1. The SMILES string of the molecule is CCOC(=O)C1CCc2nc(NC(=O)CN3C(=O)c4ccccc4C3=O)sc2C1. The summed E-state index contributed by atoms with van der Waals surface area (Å²) < 4.78 is 5.10. The predicted octanol–water partition coefficient (Wildman–Crippen LogP) is 2.05. The van der Waals surface area contributed by atoms with Crippen LogP contribution in [-0.2, 0) is 27.2 Å². The summed E-state index contributed by atoms with van der Waals surface area (Å²) in [5.41, 5.74) is 1.48. The van der Waals surface area contributed by atoms with E-state index < -0.39 is 17.7 Å². The summed E-state index contributed by atoms with van der Waals surface area (Å²) in [7, 11) is 0. The summed E-state index contributed by atoms with van der Waals surface area (Å²) in [6, 6.07) is 6.50. The van der Waals surface area contributed by atoms with Crippen LogP contribution in [0.15, 0.2) is 24.3 Å². The number of hydrogen-bond donors (Lipinski definition) is 1. The van der Waals surface area contributed by atoms with Crippen LogP contribution in [-0.4, -0.2) is 46.7 Å². The van der Waals surface area contributed by atoms with E-state index in [1.54, 1.807) is 31.2 Å². The van der Waals surface area contributed by atoms with Crippen molar-refractivity contribution in [2.45, 2.75) is 26.2 Å². The van der Waals surface area contributed by atoms with E-state index in [9.17, 15) is 19.2 Å². The van der Waals surface area contributed by atoms with Crippen LogP contribution in [0.3, 0.4) is 0 Å². The van der Waals surface area contributed by atoms with Gasteiger partial charge in [-0.15, -0.1) is 11.3 Å². The summed E-state index contributed by atoms with van der Waals surface area (Å²) >= 11 is 1.31. The van der Waals surface area contributed by atoms with Gasteiger partial charge in [-0.3, -0.25) is 24.1 Å². The molecule has 2 heterocycles. The van der Waals surface area contributed by atoms with Gasteiger partial charge in [0.1, 0.15) is 6.54 Å². The summed E-state index contributed by atoms with van der Waals surface area (Å²) in [4.78, 5) is 55.4. The molecule has 3 amide bonds. The van der Waals surface area contributed by atoms with Crippen molar-refractivity contribution in [1.82, 2.24) is 9.88 Å². The number of aromatic nitrogens is 1. The van der Waals surface area contributed by atoms with Gasteiger partial charge in [0.2, 0.25) is 5.91 Å². The van der Waals surface area contributed by atoms with Gasteiger partial charge in [-0.25, -0.2) is 4.98 Å². The minimum atomic E-state index is -0.493. The minimum Gasteiger partial charge on any atom is -0.466 e. The quantitative estimate of drug-likeness (QED) is 0.594. The highest BCUT2D eigenvalue weighted by atomic mass is 32.1. The standard InChI is InChI=1S/C20H19N3O5S/c1-2-28-19(27)11-7-8-14-15(9-11)29-20(21-14)22-16(24)10-23-17(25)12-5-3-4-6-13(12)18(23)26/h3-6,11H,2,7-10H2,1H3,(H,21,22,24). The fourth-order valence-electron chi connectivity index (χ4n) is 3.57. The lowest BCUT2D eigenvalue weighted by molar-refractivity contribution is -0.148. The van der Waals surface area contributed by atoms with Crippen LogP contribution in [0.25, 0.3) is 0 Å². The van der Waals surface area contributed by atoms with Crippen molar-refractivity contribution in [1.29, 1.82) is 0 Å². The lowest BCUT2D eigenvalue weighted by atomic mass is 9.91. The van der Waals surface area contributed by atoms with Crippen LogP contribution in [0.1, 0.15) is 44.6 Å². The molecular weight excluding hydrogens is 394 g/mol. The zero-order valence-corrected chi connectivity index (χ0v) is 16.6. The molecule has 0 bridgehead atoms. The van der Waals surface area contributed by atoms with Gasteiger partial charge in [-0.2, -0.15) is 0 Å². The van der Waals surface area contributed by atoms with Gasteiger partial charge in [0.25, 0.3) is 11.8 Å². The zero-order valence-electron chi connectivity index (χ0n) is 15.8. The lowest BCUT2D eigenvalue weighted by Gasteiger charge is -2.18. The number of nitrogens with one attached hydrogen (secondary N) is 1. The second-order valence-corrected chi connectivity index (χ2v) is 7.95. The smallest absolute Gasteiger partial charge is 0.309 e. The van der Waals surface area contributed by atoms with E-state index in [1.165, 1.54) is 11.3 Å². The Morgan fingerprint density at radius 3 is 2.59 bits per heavy atom. The Bertz CT molecular complexity index is 980. The van der Waals surface area contributed by atoms with Crippen molar-refractivity contribution in [2.75, 3.05) is 18.5 Å². The van der Waals surface area contributed by atoms with Gasteiger partial charge in [-0.05, 0) is 38.3 Å². The van der Waals surface area contributed by atoms with Crippen LogP contribution in [0.5, 0.6) is 0 Å². The number of thiazole rings is 1.